The minimum Gasteiger partial charge on any atom is -0.310 e. The van der Waals surface area contributed by atoms with Gasteiger partial charge in [-0.15, -0.1) is 0 Å². The number of benzene rings is 8. The SMILES string of the molecule is [C-]#[N+]c1cccc(-n2c3ccccc3c3ccccc32)c1-c1ccc(-c2c3ccccc3c(-c3ccccc3)c3ccccc23)c(C#N)c1. The van der Waals surface area contributed by atoms with Crippen molar-refractivity contribution in [3.63, 3.8) is 0 Å². The van der Waals surface area contributed by atoms with E-state index in [1.54, 1.807) is 0 Å². The molecule has 0 aliphatic rings. The molecule has 9 aromatic rings. The van der Waals surface area contributed by atoms with E-state index >= 15 is 0 Å². The molecule has 0 spiro atoms. The topological polar surface area (TPSA) is 33.1 Å². The van der Waals surface area contributed by atoms with Crippen LogP contribution < -0.4 is 0 Å². The molecule has 8 aromatic carbocycles. The molecule has 49 heavy (non-hydrogen) atoms. The minimum absolute atomic E-state index is 0.541. The smallest absolute Gasteiger partial charge is 0.196 e. The molecule has 0 bridgehead atoms. The van der Waals surface area contributed by atoms with Crippen molar-refractivity contribution in [3.05, 3.63) is 181 Å². The first-order chi connectivity index (χ1) is 24.3. The summed E-state index contributed by atoms with van der Waals surface area (Å²) in [5.74, 6) is 0. The minimum atomic E-state index is 0.541. The highest BCUT2D eigenvalue weighted by molar-refractivity contribution is 6.22. The van der Waals surface area contributed by atoms with E-state index in [-0.39, 0.29) is 0 Å². The number of rotatable bonds is 4. The second-order valence-corrected chi connectivity index (χ2v) is 12.2. The van der Waals surface area contributed by atoms with Crippen LogP contribution in [0.3, 0.4) is 0 Å². The third-order valence-corrected chi connectivity index (χ3v) is 9.65. The second-order valence-electron chi connectivity index (χ2n) is 12.2. The normalized spacial score (nSPS) is 11.2. The maximum Gasteiger partial charge on any atom is 0.196 e. The number of fused-ring (bicyclic) bond motifs is 5. The van der Waals surface area contributed by atoms with Crippen LogP contribution in [-0.2, 0) is 0 Å². The number of nitriles is 1. The summed E-state index contributed by atoms with van der Waals surface area (Å²) < 4.78 is 2.25. The first-order valence-corrected chi connectivity index (χ1v) is 16.3. The summed E-state index contributed by atoms with van der Waals surface area (Å²) in [4.78, 5) is 3.99. The van der Waals surface area contributed by atoms with Crippen molar-refractivity contribution >= 4 is 49.0 Å². The van der Waals surface area contributed by atoms with Crippen LogP contribution in [0.25, 0.3) is 87.3 Å². The average Bonchev–Trinajstić information content (AvgIpc) is 3.51. The van der Waals surface area contributed by atoms with Gasteiger partial charge in [0.2, 0.25) is 0 Å². The van der Waals surface area contributed by atoms with Crippen molar-refractivity contribution < 1.29 is 0 Å². The Morgan fingerprint density at radius 2 is 1.00 bits per heavy atom. The molecule has 9 rings (SSSR count). The first-order valence-electron chi connectivity index (χ1n) is 16.3. The van der Waals surface area contributed by atoms with Crippen LogP contribution in [0.5, 0.6) is 0 Å². The Balaban J connectivity index is 1.32. The fourth-order valence-corrected chi connectivity index (χ4v) is 7.63. The zero-order valence-corrected chi connectivity index (χ0v) is 26.4. The van der Waals surface area contributed by atoms with Crippen molar-refractivity contribution in [1.82, 2.24) is 4.57 Å². The van der Waals surface area contributed by atoms with Crippen molar-refractivity contribution in [1.29, 1.82) is 5.26 Å². The van der Waals surface area contributed by atoms with E-state index in [1.807, 2.05) is 24.3 Å². The lowest BCUT2D eigenvalue weighted by Crippen LogP contribution is -1.98. The fourth-order valence-electron chi connectivity index (χ4n) is 7.63. The van der Waals surface area contributed by atoms with E-state index in [1.165, 1.54) is 5.56 Å². The number of hydrogen-bond acceptors (Lipinski definition) is 1. The van der Waals surface area contributed by atoms with Crippen LogP contribution in [0.2, 0.25) is 0 Å². The largest absolute Gasteiger partial charge is 0.310 e. The van der Waals surface area contributed by atoms with E-state index in [0.29, 0.717) is 11.3 Å². The fraction of sp³-hybridized carbons (Fsp3) is 0. The van der Waals surface area contributed by atoms with E-state index < -0.39 is 0 Å². The zero-order valence-electron chi connectivity index (χ0n) is 26.4. The van der Waals surface area contributed by atoms with E-state index in [9.17, 15) is 5.26 Å². The highest BCUT2D eigenvalue weighted by Gasteiger charge is 2.21. The van der Waals surface area contributed by atoms with Crippen LogP contribution >= 0.6 is 0 Å². The lowest BCUT2D eigenvalue weighted by molar-refractivity contribution is 1.18. The van der Waals surface area contributed by atoms with Gasteiger partial charge in [0.15, 0.2) is 5.69 Å². The summed E-state index contributed by atoms with van der Waals surface area (Å²) in [5, 5.41) is 17.6. The molecule has 3 nitrogen and oxygen atoms in total. The maximum absolute atomic E-state index is 10.8. The van der Waals surface area contributed by atoms with Crippen molar-refractivity contribution in [2.75, 3.05) is 0 Å². The van der Waals surface area contributed by atoms with Crippen LogP contribution in [0.15, 0.2) is 164 Å². The molecule has 0 radical (unpaired) electrons. The van der Waals surface area contributed by atoms with Gasteiger partial charge in [-0.05, 0) is 68.1 Å². The molecule has 1 heterocycles. The summed E-state index contributed by atoms with van der Waals surface area (Å²) >= 11 is 0. The number of aromatic nitrogens is 1. The quantitative estimate of drug-likeness (QED) is 0.142. The Kier molecular flexibility index (Phi) is 6.58. The Hall–Kier alpha value is -6.94. The molecular formula is C46H27N3. The van der Waals surface area contributed by atoms with Gasteiger partial charge in [0.25, 0.3) is 0 Å². The number of hydrogen-bond donors (Lipinski definition) is 0. The summed E-state index contributed by atoms with van der Waals surface area (Å²) in [6.45, 7) is 8.18. The molecule has 0 aliphatic carbocycles. The molecule has 0 saturated heterocycles. The number of para-hydroxylation sites is 2. The molecule has 0 aliphatic heterocycles. The molecule has 0 amide bonds. The predicted molar refractivity (Wildman–Crippen MR) is 203 cm³/mol. The van der Waals surface area contributed by atoms with Gasteiger partial charge in [-0.25, -0.2) is 4.85 Å². The molecule has 0 saturated carbocycles. The Bertz CT molecular complexity index is 2740. The van der Waals surface area contributed by atoms with Gasteiger partial charge in [-0.2, -0.15) is 5.26 Å². The summed E-state index contributed by atoms with van der Waals surface area (Å²) in [6.07, 6.45) is 0. The standard InChI is InChI=1S/C46H27N3/c1-48-40-22-13-25-43(49-41-23-11-9-16-34(41)35-17-10-12-24-42(35)49)45(40)31-26-27-33(32(28-31)29-47)46-38-20-7-5-18-36(38)44(30-14-3-2-4-15-30)37-19-6-8-21-39(37)46/h2-28H. The molecular weight excluding hydrogens is 595 g/mol. The lowest BCUT2D eigenvalue weighted by Gasteiger charge is -2.19. The summed E-state index contributed by atoms with van der Waals surface area (Å²) in [5.41, 5.74) is 10.0. The van der Waals surface area contributed by atoms with E-state index in [2.05, 4.69) is 155 Å². The highest BCUT2D eigenvalue weighted by atomic mass is 15.0. The van der Waals surface area contributed by atoms with Crippen molar-refractivity contribution in [2.24, 2.45) is 0 Å². The summed E-state index contributed by atoms with van der Waals surface area (Å²) in [6, 6.07) is 58.8. The first kappa shape index (κ1) is 28.3. The summed E-state index contributed by atoms with van der Waals surface area (Å²) in [7, 11) is 0. The molecule has 0 fully saturated rings. The van der Waals surface area contributed by atoms with Gasteiger partial charge in [-0.1, -0.05) is 140 Å². The number of nitrogens with zero attached hydrogens (tertiary/aromatic N) is 3. The zero-order chi connectivity index (χ0) is 32.9. The maximum atomic E-state index is 10.8. The lowest BCUT2D eigenvalue weighted by atomic mass is 9.84. The highest BCUT2D eigenvalue weighted by Crippen LogP contribution is 2.46. The molecule has 0 unspecified atom stereocenters. The van der Waals surface area contributed by atoms with Gasteiger partial charge < -0.3 is 4.57 Å². The van der Waals surface area contributed by atoms with Gasteiger partial charge in [-0.3, -0.25) is 0 Å². The second kappa shape index (κ2) is 11.4. The van der Waals surface area contributed by atoms with Gasteiger partial charge in [0.1, 0.15) is 0 Å². The van der Waals surface area contributed by atoms with Gasteiger partial charge >= 0.3 is 0 Å². The predicted octanol–water partition coefficient (Wildman–Crippen LogP) is 12.5. The Morgan fingerprint density at radius 1 is 0.469 bits per heavy atom. The third-order valence-electron chi connectivity index (χ3n) is 9.65. The van der Waals surface area contributed by atoms with Gasteiger partial charge in [0, 0.05) is 27.6 Å². The van der Waals surface area contributed by atoms with Crippen LogP contribution in [-0.4, -0.2) is 4.57 Å². The Labute approximate surface area is 284 Å². The molecule has 226 valence electrons. The molecule has 1 aromatic heterocycles. The van der Waals surface area contributed by atoms with Gasteiger partial charge in [0.05, 0.1) is 29.2 Å². The molecule has 0 atom stereocenters. The Morgan fingerprint density at radius 3 is 1.57 bits per heavy atom. The van der Waals surface area contributed by atoms with Crippen molar-refractivity contribution in [3.8, 4) is 45.1 Å². The van der Waals surface area contributed by atoms with E-state index in [4.69, 9.17) is 6.57 Å². The molecule has 0 N–H and O–H groups in total. The van der Waals surface area contributed by atoms with Crippen molar-refractivity contribution in [2.45, 2.75) is 0 Å². The monoisotopic (exact) mass is 621 g/mol. The average molecular weight is 622 g/mol. The van der Waals surface area contributed by atoms with Crippen LogP contribution in [0.1, 0.15) is 5.56 Å². The van der Waals surface area contributed by atoms with E-state index in [0.717, 1.165) is 76.9 Å². The van der Waals surface area contributed by atoms with Crippen LogP contribution in [0.4, 0.5) is 5.69 Å². The third kappa shape index (κ3) is 4.35. The van der Waals surface area contributed by atoms with Crippen LogP contribution in [0, 0.1) is 17.9 Å². The molecule has 3 heteroatoms.